The van der Waals surface area contributed by atoms with E-state index in [0.717, 1.165) is 0 Å². The van der Waals surface area contributed by atoms with Crippen LogP contribution in [0.5, 0.6) is 5.75 Å². The van der Waals surface area contributed by atoms with Gasteiger partial charge in [0, 0.05) is 5.56 Å². The molecule has 0 saturated carbocycles. The fraction of sp³-hybridized carbons (Fsp3) is 0.286. The Balaban J connectivity index is 2.43. The molecule has 0 unspecified atom stereocenters. The average Bonchev–Trinajstić information content (AvgIpc) is 2.37. The molecule has 4 nitrogen and oxygen atoms in total. The molecule has 0 amide bonds. The van der Waals surface area contributed by atoms with Crippen molar-refractivity contribution in [3.8, 4) is 18.1 Å². The lowest BCUT2D eigenvalue weighted by Crippen LogP contribution is -2.17. The highest BCUT2D eigenvalue weighted by molar-refractivity contribution is 5.96. The molecule has 1 aromatic carbocycles. The molecular formula is C14H14O4. The summed E-state index contributed by atoms with van der Waals surface area (Å²) in [7, 11) is 0. The quantitative estimate of drug-likeness (QED) is 0.434. The average molecular weight is 246 g/mol. The number of esters is 1. The van der Waals surface area contributed by atoms with Crippen LogP contribution in [0.1, 0.15) is 18.9 Å². The van der Waals surface area contributed by atoms with Crippen LogP contribution in [0.4, 0.5) is 0 Å². The van der Waals surface area contributed by atoms with Crippen molar-refractivity contribution >= 4 is 11.8 Å². The van der Waals surface area contributed by atoms with Crippen LogP contribution in [-0.2, 0) is 14.3 Å². The lowest BCUT2D eigenvalue weighted by atomic mass is 10.2. The van der Waals surface area contributed by atoms with Gasteiger partial charge in [-0.05, 0) is 25.1 Å². The van der Waals surface area contributed by atoms with Crippen molar-refractivity contribution in [3.63, 3.8) is 0 Å². The van der Waals surface area contributed by atoms with Gasteiger partial charge in [-0.2, -0.15) is 0 Å². The molecule has 0 spiro atoms. The van der Waals surface area contributed by atoms with Crippen LogP contribution in [0, 0.1) is 12.3 Å². The van der Waals surface area contributed by atoms with E-state index in [4.69, 9.17) is 11.2 Å². The molecule has 0 radical (unpaired) electrons. The van der Waals surface area contributed by atoms with E-state index in [1.54, 1.807) is 31.2 Å². The summed E-state index contributed by atoms with van der Waals surface area (Å²) in [6.07, 6.45) is 4.97. The Kier molecular flexibility index (Phi) is 5.46. The molecular weight excluding hydrogens is 232 g/mol. The Morgan fingerprint density at radius 3 is 2.83 bits per heavy atom. The van der Waals surface area contributed by atoms with Gasteiger partial charge in [0.25, 0.3) is 0 Å². The minimum absolute atomic E-state index is 0.174. The van der Waals surface area contributed by atoms with Crippen molar-refractivity contribution in [1.82, 2.24) is 0 Å². The topological polar surface area (TPSA) is 52.6 Å². The molecule has 0 fully saturated rings. The van der Waals surface area contributed by atoms with Crippen molar-refractivity contribution in [2.45, 2.75) is 13.3 Å². The fourth-order valence-electron chi connectivity index (χ4n) is 1.26. The number of benzene rings is 1. The highest BCUT2D eigenvalue weighted by atomic mass is 16.5. The van der Waals surface area contributed by atoms with Gasteiger partial charge >= 0.3 is 5.97 Å². The summed E-state index contributed by atoms with van der Waals surface area (Å²) >= 11 is 0. The fourth-order valence-corrected chi connectivity index (χ4v) is 1.26. The Labute approximate surface area is 106 Å². The van der Waals surface area contributed by atoms with E-state index in [1.807, 2.05) is 0 Å². The van der Waals surface area contributed by atoms with Crippen LogP contribution in [0.2, 0.25) is 0 Å². The number of rotatable bonds is 6. The number of Topliss-reactive ketones (excluding diaryl/α,β-unsaturated/α-hetero) is 1. The van der Waals surface area contributed by atoms with E-state index in [2.05, 4.69) is 10.7 Å². The van der Waals surface area contributed by atoms with Gasteiger partial charge in [-0.3, -0.25) is 9.59 Å². The van der Waals surface area contributed by atoms with Crippen LogP contribution in [-0.4, -0.2) is 25.0 Å². The predicted molar refractivity (Wildman–Crippen MR) is 66.1 cm³/mol. The molecule has 0 aliphatic rings. The number of ketones is 1. The molecule has 94 valence electrons. The Morgan fingerprint density at radius 1 is 1.39 bits per heavy atom. The standard InChI is InChI=1S/C14H14O4/c1-3-11-6-5-7-13(8-11)18-10-12(15)9-14(16)17-4-2/h1,5-8H,4,9-10H2,2H3. The summed E-state index contributed by atoms with van der Waals surface area (Å²) in [5, 5.41) is 0. The summed E-state index contributed by atoms with van der Waals surface area (Å²) < 4.78 is 9.90. The van der Waals surface area contributed by atoms with Gasteiger partial charge in [0.15, 0.2) is 5.78 Å². The van der Waals surface area contributed by atoms with Crippen molar-refractivity contribution in [1.29, 1.82) is 0 Å². The molecule has 0 heterocycles. The predicted octanol–water partition coefficient (Wildman–Crippen LogP) is 1.57. The smallest absolute Gasteiger partial charge is 0.313 e. The van der Waals surface area contributed by atoms with Crippen LogP contribution in [0.3, 0.4) is 0 Å². The van der Waals surface area contributed by atoms with Gasteiger partial charge in [-0.15, -0.1) is 6.42 Å². The highest BCUT2D eigenvalue weighted by Gasteiger charge is 2.10. The molecule has 1 aromatic rings. The van der Waals surface area contributed by atoms with Crippen molar-refractivity contribution < 1.29 is 19.1 Å². The second kappa shape index (κ2) is 7.13. The van der Waals surface area contributed by atoms with Gasteiger partial charge in [-0.25, -0.2) is 0 Å². The van der Waals surface area contributed by atoms with Crippen LogP contribution < -0.4 is 4.74 Å². The number of carbonyl (C=O) groups is 2. The van der Waals surface area contributed by atoms with E-state index < -0.39 is 5.97 Å². The molecule has 0 saturated heterocycles. The molecule has 0 aliphatic heterocycles. The maximum atomic E-state index is 11.4. The second-order valence-electron chi connectivity index (χ2n) is 3.48. The molecule has 0 bridgehead atoms. The first-order chi connectivity index (χ1) is 8.65. The van der Waals surface area contributed by atoms with E-state index >= 15 is 0 Å². The zero-order valence-electron chi connectivity index (χ0n) is 10.1. The number of ether oxygens (including phenoxy) is 2. The van der Waals surface area contributed by atoms with Gasteiger partial charge in [0.2, 0.25) is 0 Å². The summed E-state index contributed by atoms with van der Waals surface area (Å²) in [6.45, 7) is 1.77. The zero-order valence-corrected chi connectivity index (χ0v) is 10.1. The number of hydrogen-bond donors (Lipinski definition) is 0. The number of carbonyl (C=O) groups excluding carboxylic acids is 2. The molecule has 0 aliphatic carbocycles. The summed E-state index contributed by atoms with van der Waals surface area (Å²) in [5.74, 6) is 2.10. The minimum Gasteiger partial charge on any atom is -0.486 e. The lowest BCUT2D eigenvalue weighted by molar-refractivity contribution is -0.145. The Hall–Kier alpha value is -2.28. The number of terminal acetylenes is 1. The van der Waals surface area contributed by atoms with E-state index in [9.17, 15) is 9.59 Å². The van der Waals surface area contributed by atoms with E-state index in [0.29, 0.717) is 11.3 Å². The first-order valence-electron chi connectivity index (χ1n) is 5.52. The Morgan fingerprint density at radius 2 is 2.17 bits per heavy atom. The van der Waals surface area contributed by atoms with Crippen molar-refractivity contribution in [3.05, 3.63) is 29.8 Å². The summed E-state index contributed by atoms with van der Waals surface area (Å²) in [5.41, 5.74) is 0.672. The van der Waals surface area contributed by atoms with Gasteiger partial charge < -0.3 is 9.47 Å². The Bertz CT molecular complexity index is 471. The summed E-state index contributed by atoms with van der Waals surface area (Å²) in [4.78, 5) is 22.4. The third-order valence-electron chi connectivity index (χ3n) is 2.05. The third kappa shape index (κ3) is 4.71. The molecule has 1 rings (SSSR count). The van der Waals surface area contributed by atoms with Crippen LogP contribution in [0.15, 0.2) is 24.3 Å². The van der Waals surface area contributed by atoms with Gasteiger partial charge in [0.1, 0.15) is 18.8 Å². The molecule has 4 heteroatoms. The van der Waals surface area contributed by atoms with E-state index in [1.165, 1.54) is 0 Å². The molecule has 0 atom stereocenters. The number of hydrogen-bond acceptors (Lipinski definition) is 4. The van der Waals surface area contributed by atoms with Crippen LogP contribution >= 0.6 is 0 Å². The third-order valence-corrected chi connectivity index (χ3v) is 2.05. The maximum absolute atomic E-state index is 11.4. The second-order valence-corrected chi connectivity index (χ2v) is 3.48. The first kappa shape index (κ1) is 13.8. The van der Waals surface area contributed by atoms with Crippen molar-refractivity contribution in [2.75, 3.05) is 13.2 Å². The summed E-state index contributed by atoms with van der Waals surface area (Å²) in [6, 6.07) is 6.84. The van der Waals surface area contributed by atoms with E-state index in [-0.39, 0.29) is 25.4 Å². The van der Waals surface area contributed by atoms with Gasteiger partial charge in [0.05, 0.1) is 6.61 Å². The van der Waals surface area contributed by atoms with Gasteiger partial charge in [-0.1, -0.05) is 12.0 Å². The molecule has 18 heavy (non-hydrogen) atoms. The maximum Gasteiger partial charge on any atom is 0.313 e. The normalized spacial score (nSPS) is 9.33. The zero-order chi connectivity index (χ0) is 13.4. The monoisotopic (exact) mass is 246 g/mol. The first-order valence-corrected chi connectivity index (χ1v) is 5.52. The molecule has 0 N–H and O–H groups in total. The highest BCUT2D eigenvalue weighted by Crippen LogP contribution is 2.12. The molecule has 0 aromatic heterocycles. The SMILES string of the molecule is C#Cc1cccc(OCC(=O)CC(=O)OCC)c1. The van der Waals surface area contributed by atoms with Crippen LogP contribution in [0.25, 0.3) is 0 Å². The minimum atomic E-state index is -0.538. The lowest BCUT2D eigenvalue weighted by Gasteiger charge is -2.05. The van der Waals surface area contributed by atoms with Crippen molar-refractivity contribution in [2.24, 2.45) is 0 Å². The largest absolute Gasteiger partial charge is 0.486 e.